The summed E-state index contributed by atoms with van der Waals surface area (Å²) >= 11 is 0. The van der Waals surface area contributed by atoms with E-state index >= 15 is 0 Å². The molecule has 2 rings (SSSR count). The van der Waals surface area contributed by atoms with E-state index in [0.717, 1.165) is 51.4 Å². The number of esters is 2. The van der Waals surface area contributed by atoms with Gasteiger partial charge in [-0.25, -0.2) is 38.9 Å². The number of ether oxygens (including phenoxy) is 2. The van der Waals surface area contributed by atoms with Crippen molar-refractivity contribution in [3.8, 4) is 0 Å². The zero-order chi connectivity index (χ0) is 25.7. The lowest BCUT2D eigenvalue weighted by Gasteiger charge is -2.21. The quantitative estimate of drug-likeness (QED) is 0.186. The predicted molar refractivity (Wildman–Crippen MR) is 127 cm³/mol. The Morgan fingerprint density at radius 1 is 0.800 bits per heavy atom. The lowest BCUT2D eigenvalue weighted by Crippen LogP contribution is -2.21. The molecule has 0 spiro atoms. The number of nitrogens with zero attached hydrogens (tertiary/aromatic N) is 3. The van der Waals surface area contributed by atoms with E-state index in [4.69, 9.17) is 9.47 Å². The van der Waals surface area contributed by atoms with E-state index in [-0.39, 0.29) is 30.8 Å². The van der Waals surface area contributed by atoms with Gasteiger partial charge in [0.2, 0.25) is 18.2 Å². The molecule has 0 heterocycles. The maximum atomic E-state index is 11.6. The molecule has 0 bridgehead atoms. The summed E-state index contributed by atoms with van der Waals surface area (Å²) in [6, 6.07) is -0.587. The van der Waals surface area contributed by atoms with Gasteiger partial charge in [0, 0.05) is 12.2 Å². The first-order chi connectivity index (χ1) is 17.0. The van der Waals surface area contributed by atoms with Gasteiger partial charge in [0.25, 0.3) is 0 Å². The molecule has 35 heavy (non-hydrogen) atoms. The molecule has 0 N–H and O–H groups in total. The highest BCUT2D eigenvalue weighted by Gasteiger charge is 2.18. The Morgan fingerprint density at radius 2 is 1.29 bits per heavy atom. The molecule has 2 aliphatic rings. The van der Waals surface area contributed by atoms with Crippen LogP contribution < -0.4 is 0 Å². The predicted octanol–water partition coefficient (Wildman–Crippen LogP) is 3.83. The number of carbonyl (C=O) groups excluding carboxylic acids is 5. The molecule has 0 saturated heterocycles. The molecule has 10 heteroatoms. The van der Waals surface area contributed by atoms with Gasteiger partial charge < -0.3 is 9.47 Å². The van der Waals surface area contributed by atoms with Crippen molar-refractivity contribution in [2.75, 3.05) is 6.54 Å². The van der Waals surface area contributed by atoms with Crippen LogP contribution in [0.1, 0.15) is 84.0 Å². The average molecular weight is 490 g/mol. The monoisotopic (exact) mass is 489 g/mol. The van der Waals surface area contributed by atoms with Crippen LogP contribution in [0.5, 0.6) is 0 Å². The first-order valence-corrected chi connectivity index (χ1v) is 12.2. The second-order valence-corrected chi connectivity index (χ2v) is 8.67. The normalized spacial score (nSPS) is 17.9. The highest BCUT2D eigenvalue weighted by molar-refractivity contribution is 5.91. The second-order valence-electron chi connectivity index (χ2n) is 8.67. The molecule has 0 amide bonds. The van der Waals surface area contributed by atoms with Gasteiger partial charge in [0.15, 0.2) is 0 Å². The van der Waals surface area contributed by atoms with Gasteiger partial charge in [-0.15, -0.1) is 0 Å². The standard InChI is InChI=1S/C16H24O4.C9H11N3O3/c17-15(19-13-7-3-1-4-8-13)11-12-16(18)20-14-9-5-2-6-10-14;1-8(11-6-14)4-9(12-7-15)2-3-10-5-13/h11-14H,1-10H2;8-9H,2-4H2,1H3/b12-11-;. The smallest absolute Gasteiger partial charge is 0.331 e. The van der Waals surface area contributed by atoms with Gasteiger partial charge in [-0.2, -0.15) is 0 Å². The Labute approximate surface area is 206 Å². The molecule has 2 unspecified atom stereocenters. The van der Waals surface area contributed by atoms with E-state index in [1.807, 2.05) is 0 Å². The van der Waals surface area contributed by atoms with Crippen LogP contribution in [-0.4, -0.2) is 61.0 Å². The molecule has 0 aliphatic heterocycles. The maximum absolute atomic E-state index is 11.6. The van der Waals surface area contributed by atoms with Crippen LogP contribution in [-0.2, 0) is 33.4 Å². The number of carbonyl (C=O) groups is 2. The lowest BCUT2D eigenvalue weighted by molar-refractivity contribution is -0.147. The molecular weight excluding hydrogens is 454 g/mol. The fraction of sp³-hybridized carbons (Fsp3) is 0.720. The molecule has 0 aromatic carbocycles. The number of hydrogen-bond donors (Lipinski definition) is 0. The lowest BCUT2D eigenvalue weighted by atomic mass is 9.98. The molecule has 2 saturated carbocycles. The molecule has 0 radical (unpaired) electrons. The summed E-state index contributed by atoms with van der Waals surface area (Å²) < 4.78 is 10.6. The minimum absolute atomic E-state index is 0.0234. The van der Waals surface area contributed by atoms with Gasteiger partial charge in [0.1, 0.15) is 12.2 Å². The van der Waals surface area contributed by atoms with E-state index in [1.165, 1.54) is 43.2 Å². The highest BCUT2D eigenvalue weighted by atomic mass is 16.5. The molecule has 2 atom stereocenters. The summed E-state index contributed by atoms with van der Waals surface area (Å²) in [5.41, 5.74) is 0. The van der Waals surface area contributed by atoms with Crippen molar-refractivity contribution in [3.63, 3.8) is 0 Å². The Hall–Kier alpha value is -3.18. The Kier molecular flexibility index (Phi) is 16.3. The molecule has 0 aromatic heterocycles. The molecular formula is C25H35N3O7. The third-order valence-electron chi connectivity index (χ3n) is 5.79. The van der Waals surface area contributed by atoms with Crippen molar-refractivity contribution >= 4 is 30.2 Å². The van der Waals surface area contributed by atoms with Crippen LogP contribution in [0, 0.1) is 0 Å². The Bertz CT molecular complexity index is 779. The van der Waals surface area contributed by atoms with Crippen molar-refractivity contribution < 1.29 is 33.4 Å². The van der Waals surface area contributed by atoms with Crippen molar-refractivity contribution in [2.24, 2.45) is 15.0 Å². The minimum Gasteiger partial charge on any atom is -0.459 e. The molecule has 10 nitrogen and oxygen atoms in total. The summed E-state index contributed by atoms with van der Waals surface area (Å²) in [4.78, 5) is 63.4. The Balaban J connectivity index is 0.000000367. The highest BCUT2D eigenvalue weighted by Crippen LogP contribution is 2.21. The zero-order valence-corrected chi connectivity index (χ0v) is 20.4. The summed E-state index contributed by atoms with van der Waals surface area (Å²) in [6.07, 6.45) is 18.2. The van der Waals surface area contributed by atoms with E-state index in [2.05, 4.69) is 15.0 Å². The van der Waals surface area contributed by atoms with E-state index in [1.54, 1.807) is 6.92 Å². The summed E-state index contributed by atoms with van der Waals surface area (Å²) in [6.45, 7) is 1.96. The van der Waals surface area contributed by atoms with Crippen LogP contribution in [0.15, 0.2) is 27.1 Å². The first kappa shape index (κ1) is 29.9. The number of rotatable bonds is 11. The number of aliphatic imine (C=N–C) groups is 3. The fourth-order valence-corrected chi connectivity index (χ4v) is 4.01. The van der Waals surface area contributed by atoms with Crippen molar-refractivity contribution in [3.05, 3.63) is 12.2 Å². The van der Waals surface area contributed by atoms with Crippen molar-refractivity contribution in [2.45, 2.75) is 108 Å². The third-order valence-corrected chi connectivity index (χ3v) is 5.79. The van der Waals surface area contributed by atoms with Crippen LogP contribution in [0.4, 0.5) is 0 Å². The summed E-state index contributed by atoms with van der Waals surface area (Å²) in [7, 11) is 0. The van der Waals surface area contributed by atoms with E-state index in [0.29, 0.717) is 12.8 Å². The van der Waals surface area contributed by atoms with Crippen LogP contribution >= 0.6 is 0 Å². The topological polar surface area (TPSA) is 141 Å². The maximum Gasteiger partial charge on any atom is 0.331 e. The van der Waals surface area contributed by atoms with Crippen LogP contribution in [0.3, 0.4) is 0 Å². The number of isocyanates is 3. The Morgan fingerprint density at radius 3 is 1.71 bits per heavy atom. The van der Waals surface area contributed by atoms with Gasteiger partial charge in [-0.05, 0) is 71.1 Å². The van der Waals surface area contributed by atoms with E-state index in [9.17, 15) is 24.0 Å². The summed E-state index contributed by atoms with van der Waals surface area (Å²) in [5.74, 6) is -0.866. The zero-order valence-electron chi connectivity index (χ0n) is 20.4. The van der Waals surface area contributed by atoms with Crippen molar-refractivity contribution in [1.29, 1.82) is 0 Å². The third kappa shape index (κ3) is 15.4. The molecule has 2 aliphatic carbocycles. The van der Waals surface area contributed by atoms with Gasteiger partial charge in [0.05, 0.1) is 18.6 Å². The fourth-order valence-electron chi connectivity index (χ4n) is 4.01. The van der Waals surface area contributed by atoms with Gasteiger partial charge in [-0.3, -0.25) is 0 Å². The average Bonchev–Trinajstić information content (AvgIpc) is 2.85. The second kappa shape index (κ2) is 19.2. The molecule has 0 aromatic rings. The SMILES string of the molecule is CC(CC(CCN=C=O)N=C=O)N=C=O.O=C(/C=C\C(=O)OC1CCCCC1)OC1CCCCC1. The van der Waals surface area contributed by atoms with Gasteiger partial charge in [-0.1, -0.05) is 12.8 Å². The summed E-state index contributed by atoms with van der Waals surface area (Å²) in [5, 5.41) is 0. The number of hydrogen-bond acceptors (Lipinski definition) is 10. The van der Waals surface area contributed by atoms with Crippen molar-refractivity contribution in [1.82, 2.24) is 0 Å². The van der Waals surface area contributed by atoms with Crippen LogP contribution in [0.25, 0.3) is 0 Å². The van der Waals surface area contributed by atoms with E-state index < -0.39 is 11.9 Å². The molecule has 2 fully saturated rings. The molecule has 192 valence electrons. The largest absolute Gasteiger partial charge is 0.459 e. The van der Waals surface area contributed by atoms with Crippen LogP contribution in [0.2, 0.25) is 0 Å². The van der Waals surface area contributed by atoms with Gasteiger partial charge >= 0.3 is 11.9 Å². The first-order valence-electron chi connectivity index (χ1n) is 12.2. The minimum atomic E-state index is -0.433.